The molecule has 1 unspecified atom stereocenters. The Morgan fingerprint density at radius 3 is 2.63 bits per heavy atom. The van der Waals surface area contributed by atoms with Gasteiger partial charge in [0.2, 0.25) is 0 Å². The van der Waals surface area contributed by atoms with Crippen LogP contribution in [0.5, 0.6) is 0 Å². The first-order chi connectivity index (χ1) is 9.26. The van der Waals surface area contributed by atoms with Crippen molar-refractivity contribution in [3.8, 4) is 0 Å². The fraction of sp³-hybridized carbons (Fsp3) is 0.625. The second-order valence-corrected chi connectivity index (χ2v) is 7.33. The van der Waals surface area contributed by atoms with Gasteiger partial charge in [0.25, 0.3) is 0 Å². The molecule has 1 N–H and O–H groups in total. The van der Waals surface area contributed by atoms with Gasteiger partial charge in [0, 0.05) is 31.4 Å². The van der Waals surface area contributed by atoms with Gasteiger partial charge in [-0.2, -0.15) is 0 Å². The lowest BCUT2D eigenvalue weighted by Gasteiger charge is -2.39. The van der Waals surface area contributed by atoms with E-state index in [0.29, 0.717) is 10.9 Å². The number of thioether (sulfide) groups is 1. The Morgan fingerprint density at radius 1 is 1.26 bits per heavy atom. The van der Waals surface area contributed by atoms with Crippen LogP contribution in [-0.4, -0.2) is 41.2 Å². The van der Waals surface area contributed by atoms with Gasteiger partial charge < -0.3 is 4.90 Å². The van der Waals surface area contributed by atoms with Crippen LogP contribution in [0.25, 0.3) is 0 Å². The van der Waals surface area contributed by atoms with Gasteiger partial charge in [-0.15, -0.1) is 11.8 Å². The molecule has 0 aromatic heterocycles. The predicted octanol–water partition coefficient (Wildman–Crippen LogP) is 2.75. The molecule has 0 radical (unpaired) electrons. The lowest BCUT2D eigenvalue weighted by atomic mass is 10.0. The summed E-state index contributed by atoms with van der Waals surface area (Å²) in [5, 5.41) is 3.80. The average molecular weight is 276 g/mol. The van der Waals surface area contributed by atoms with E-state index in [4.69, 9.17) is 0 Å². The van der Waals surface area contributed by atoms with E-state index < -0.39 is 0 Å². The Hall–Kier alpha value is -0.510. The van der Waals surface area contributed by atoms with Crippen molar-refractivity contribution in [2.24, 2.45) is 0 Å². The van der Waals surface area contributed by atoms with Crippen molar-refractivity contribution >= 4 is 11.8 Å². The zero-order chi connectivity index (χ0) is 13.1. The maximum Gasteiger partial charge on any atom is 0.0672 e. The number of hydrogen-bond acceptors (Lipinski definition) is 3. The molecule has 0 aliphatic carbocycles. The van der Waals surface area contributed by atoms with Crippen LogP contribution in [0.2, 0.25) is 0 Å². The predicted molar refractivity (Wildman–Crippen MR) is 83.6 cm³/mol. The number of likely N-dealkylation sites (tertiary alicyclic amines) is 1. The molecule has 0 bridgehead atoms. The summed E-state index contributed by atoms with van der Waals surface area (Å²) in [6.07, 6.45) is 3.79. The topological polar surface area (TPSA) is 15.3 Å². The number of rotatable bonds is 3. The smallest absolute Gasteiger partial charge is 0.0672 e. The third-order valence-electron chi connectivity index (χ3n) is 4.34. The largest absolute Gasteiger partial charge is 0.303 e. The molecule has 0 saturated carbocycles. The summed E-state index contributed by atoms with van der Waals surface area (Å²) in [4.78, 5) is 3.03. The summed E-state index contributed by atoms with van der Waals surface area (Å²) < 4.78 is 0. The highest BCUT2D eigenvalue weighted by molar-refractivity contribution is 8.00. The van der Waals surface area contributed by atoms with Crippen molar-refractivity contribution in [1.29, 1.82) is 0 Å². The van der Waals surface area contributed by atoms with Crippen molar-refractivity contribution in [1.82, 2.24) is 10.2 Å². The second kappa shape index (κ2) is 5.86. The zero-order valence-corrected chi connectivity index (χ0v) is 12.6. The number of nitrogens with zero attached hydrogens (tertiary/aromatic N) is 1. The van der Waals surface area contributed by atoms with Gasteiger partial charge in [-0.25, -0.2) is 0 Å². The highest BCUT2D eigenvalue weighted by Gasteiger charge is 2.39. The number of hydrogen-bond donors (Lipinski definition) is 1. The van der Waals surface area contributed by atoms with E-state index >= 15 is 0 Å². The van der Waals surface area contributed by atoms with E-state index in [9.17, 15) is 0 Å². The normalized spacial score (nSPS) is 26.9. The fourth-order valence-corrected chi connectivity index (χ4v) is 4.58. The Labute approximate surface area is 121 Å². The van der Waals surface area contributed by atoms with Crippen LogP contribution >= 0.6 is 11.8 Å². The Bertz CT molecular complexity index is 398. The van der Waals surface area contributed by atoms with Gasteiger partial charge in [-0.1, -0.05) is 30.3 Å². The molecule has 3 rings (SSSR count). The Kier molecular flexibility index (Phi) is 4.15. The van der Waals surface area contributed by atoms with Crippen molar-refractivity contribution in [3.05, 3.63) is 35.9 Å². The van der Waals surface area contributed by atoms with Crippen LogP contribution < -0.4 is 5.32 Å². The number of benzene rings is 1. The summed E-state index contributed by atoms with van der Waals surface area (Å²) in [5.41, 5.74) is 1.46. The van der Waals surface area contributed by atoms with Crippen LogP contribution in [0.1, 0.15) is 25.3 Å². The first-order valence-corrected chi connectivity index (χ1v) is 8.42. The molecule has 104 valence electrons. The quantitative estimate of drug-likeness (QED) is 0.914. The summed E-state index contributed by atoms with van der Waals surface area (Å²) in [5.74, 6) is 1.28. The summed E-state index contributed by atoms with van der Waals surface area (Å²) in [6.45, 7) is 6.02. The van der Waals surface area contributed by atoms with Gasteiger partial charge in [0.1, 0.15) is 0 Å². The first kappa shape index (κ1) is 13.5. The number of nitrogens with one attached hydrogen (secondary N) is 1. The second-order valence-electron chi connectivity index (χ2n) is 5.93. The highest BCUT2D eigenvalue weighted by atomic mass is 32.2. The molecule has 2 aliphatic rings. The van der Waals surface area contributed by atoms with E-state index in [2.05, 4.69) is 59.2 Å². The molecular weight excluding hydrogens is 252 g/mol. The summed E-state index contributed by atoms with van der Waals surface area (Å²) in [6, 6.07) is 11.5. The average Bonchev–Trinajstić information content (AvgIpc) is 2.81. The van der Waals surface area contributed by atoms with Crippen LogP contribution in [0, 0.1) is 0 Å². The van der Waals surface area contributed by atoms with Gasteiger partial charge in [-0.05, 0) is 31.7 Å². The molecule has 19 heavy (non-hydrogen) atoms. The molecular formula is C16H24N2S. The van der Waals surface area contributed by atoms with Crippen molar-refractivity contribution in [2.45, 2.75) is 37.1 Å². The van der Waals surface area contributed by atoms with Crippen LogP contribution in [0.3, 0.4) is 0 Å². The standard InChI is InChI=1S/C16H24N2S/c1-14-13-19-16(17-14)8-11-18(12-9-16)10-7-15-5-3-2-4-6-15/h2-6,14,17H,7-13H2,1H3. The molecule has 2 nitrogen and oxygen atoms in total. The third-order valence-corrected chi connectivity index (χ3v) is 6.09. The van der Waals surface area contributed by atoms with Crippen molar-refractivity contribution in [2.75, 3.05) is 25.4 Å². The van der Waals surface area contributed by atoms with E-state index in [1.807, 2.05) is 0 Å². The lowest BCUT2D eigenvalue weighted by Crippen LogP contribution is -2.50. The maximum atomic E-state index is 3.80. The van der Waals surface area contributed by atoms with Gasteiger partial charge in [0.05, 0.1) is 4.87 Å². The molecule has 0 amide bonds. The monoisotopic (exact) mass is 276 g/mol. The third kappa shape index (κ3) is 3.33. The summed E-state index contributed by atoms with van der Waals surface area (Å²) >= 11 is 2.15. The van der Waals surface area contributed by atoms with Gasteiger partial charge >= 0.3 is 0 Å². The molecule has 1 atom stereocenters. The maximum absolute atomic E-state index is 3.80. The zero-order valence-electron chi connectivity index (χ0n) is 11.8. The number of piperidine rings is 1. The molecule has 2 fully saturated rings. The molecule has 2 saturated heterocycles. The Balaban J connectivity index is 1.46. The summed E-state index contributed by atoms with van der Waals surface area (Å²) in [7, 11) is 0. The van der Waals surface area contributed by atoms with Gasteiger partial charge in [-0.3, -0.25) is 5.32 Å². The van der Waals surface area contributed by atoms with Crippen LogP contribution in [0.4, 0.5) is 0 Å². The highest BCUT2D eigenvalue weighted by Crippen LogP contribution is 2.38. The lowest BCUT2D eigenvalue weighted by molar-refractivity contribution is 0.185. The van der Waals surface area contributed by atoms with Crippen LogP contribution in [0.15, 0.2) is 30.3 Å². The van der Waals surface area contributed by atoms with E-state index in [-0.39, 0.29) is 0 Å². The minimum atomic E-state index is 0.405. The van der Waals surface area contributed by atoms with E-state index in [0.717, 1.165) is 0 Å². The minimum absolute atomic E-state index is 0.405. The molecule has 2 heterocycles. The van der Waals surface area contributed by atoms with E-state index in [1.54, 1.807) is 0 Å². The van der Waals surface area contributed by atoms with Crippen molar-refractivity contribution in [3.63, 3.8) is 0 Å². The molecule has 1 aromatic rings. The SMILES string of the molecule is CC1CSC2(CCN(CCc3ccccc3)CC2)N1. The van der Waals surface area contributed by atoms with Gasteiger partial charge in [0.15, 0.2) is 0 Å². The first-order valence-electron chi connectivity index (χ1n) is 7.44. The molecule has 1 aromatic carbocycles. The Morgan fingerprint density at radius 2 is 2.00 bits per heavy atom. The molecule has 1 spiro atoms. The van der Waals surface area contributed by atoms with Crippen molar-refractivity contribution < 1.29 is 0 Å². The van der Waals surface area contributed by atoms with E-state index in [1.165, 1.54) is 50.2 Å². The minimum Gasteiger partial charge on any atom is -0.303 e. The molecule has 3 heteroatoms. The van der Waals surface area contributed by atoms with Crippen LogP contribution in [-0.2, 0) is 6.42 Å². The fourth-order valence-electron chi connectivity index (χ4n) is 3.18. The molecule has 2 aliphatic heterocycles.